The molecule has 1 aliphatic rings. The van der Waals surface area contributed by atoms with E-state index in [4.69, 9.17) is 16.6 Å². The van der Waals surface area contributed by atoms with Crippen molar-refractivity contribution in [1.82, 2.24) is 19.9 Å². The Morgan fingerprint density at radius 3 is 2.81 bits per heavy atom. The van der Waals surface area contributed by atoms with Crippen LogP contribution in [0.15, 0.2) is 59.7 Å². The number of rotatable bonds is 4. The first-order valence-corrected chi connectivity index (χ1v) is 9.54. The van der Waals surface area contributed by atoms with Gasteiger partial charge in [-0.2, -0.15) is 0 Å². The molecule has 3 aromatic rings. The highest BCUT2D eigenvalue weighted by Crippen LogP contribution is 2.28. The molecule has 0 spiro atoms. The molecule has 2 aromatic heterocycles. The molecule has 0 bridgehead atoms. The fourth-order valence-corrected chi connectivity index (χ4v) is 3.84. The van der Waals surface area contributed by atoms with Crippen LogP contribution in [0.1, 0.15) is 30.0 Å². The highest BCUT2D eigenvalue weighted by molar-refractivity contribution is 6.31. The molecule has 3 heterocycles. The van der Waals surface area contributed by atoms with Crippen molar-refractivity contribution in [1.29, 1.82) is 0 Å². The van der Waals surface area contributed by atoms with E-state index in [0.29, 0.717) is 5.82 Å². The fraction of sp³-hybridized carbons (Fsp3) is 0.286. The minimum absolute atomic E-state index is 0.116. The Morgan fingerprint density at radius 1 is 1.19 bits per heavy atom. The van der Waals surface area contributed by atoms with Crippen LogP contribution in [0.5, 0.6) is 0 Å². The second-order valence-corrected chi connectivity index (χ2v) is 7.33. The summed E-state index contributed by atoms with van der Waals surface area (Å²) in [5.74, 6) is 0.840. The van der Waals surface area contributed by atoms with Gasteiger partial charge in [0.1, 0.15) is 5.82 Å². The number of H-pyrrole nitrogens is 1. The zero-order valence-corrected chi connectivity index (χ0v) is 15.7. The lowest BCUT2D eigenvalue weighted by atomic mass is 9.94. The van der Waals surface area contributed by atoms with E-state index in [2.05, 4.69) is 20.9 Å². The van der Waals surface area contributed by atoms with Crippen LogP contribution in [0.4, 0.5) is 0 Å². The predicted molar refractivity (Wildman–Crippen MR) is 107 cm³/mol. The van der Waals surface area contributed by atoms with Gasteiger partial charge in [0.05, 0.1) is 5.69 Å². The third-order valence-electron chi connectivity index (χ3n) is 4.99. The molecular formula is C21H21ClN4O. The molecule has 1 atom stereocenters. The van der Waals surface area contributed by atoms with Gasteiger partial charge in [-0.15, -0.1) is 0 Å². The molecule has 1 N–H and O–H groups in total. The summed E-state index contributed by atoms with van der Waals surface area (Å²) in [5, 5.41) is 0.800. The maximum atomic E-state index is 12.2. The Balaban J connectivity index is 1.55. The van der Waals surface area contributed by atoms with E-state index in [9.17, 15) is 4.79 Å². The van der Waals surface area contributed by atoms with Crippen molar-refractivity contribution in [2.75, 3.05) is 13.1 Å². The molecule has 138 valence electrons. The molecule has 1 saturated heterocycles. The molecule has 5 nitrogen and oxygen atoms in total. The van der Waals surface area contributed by atoms with Crippen LogP contribution in [0, 0.1) is 0 Å². The number of aromatic amines is 1. The van der Waals surface area contributed by atoms with Crippen LogP contribution in [0.3, 0.4) is 0 Å². The van der Waals surface area contributed by atoms with Gasteiger partial charge < -0.3 is 4.98 Å². The van der Waals surface area contributed by atoms with Crippen molar-refractivity contribution in [3.8, 4) is 11.4 Å². The minimum Gasteiger partial charge on any atom is -0.307 e. The van der Waals surface area contributed by atoms with Gasteiger partial charge >= 0.3 is 0 Å². The monoisotopic (exact) mass is 380 g/mol. The molecule has 1 fully saturated rings. The normalized spacial score (nSPS) is 17.7. The van der Waals surface area contributed by atoms with Gasteiger partial charge in [0, 0.05) is 48.1 Å². The fourth-order valence-electron chi connectivity index (χ4n) is 3.64. The first-order chi connectivity index (χ1) is 13.2. The lowest BCUT2D eigenvalue weighted by molar-refractivity contribution is 0.198. The lowest BCUT2D eigenvalue weighted by Crippen LogP contribution is -2.34. The number of nitrogens with one attached hydrogen (secondary N) is 1. The van der Waals surface area contributed by atoms with E-state index in [1.54, 1.807) is 18.5 Å². The van der Waals surface area contributed by atoms with Crippen LogP contribution >= 0.6 is 11.6 Å². The van der Waals surface area contributed by atoms with Crippen molar-refractivity contribution in [3.05, 3.63) is 81.5 Å². The molecule has 4 rings (SSSR count). The van der Waals surface area contributed by atoms with Gasteiger partial charge in [0.2, 0.25) is 0 Å². The quantitative estimate of drug-likeness (QED) is 0.746. The van der Waals surface area contributed by atoms with E-state index in [1.807, 2.05) is 30.3 Å². The highest BCUT2D eigenvalue weighted by atomic mass is 35.5. The first-order valence-electron chi connectivity index (χ1n) is 9.16. The molecule has 1 aromatic carbocycles. The first kappa shape index (κ1) is 17.9. The largest absolute Gasteiger partial charge is 0.307 e. The van der Waals surface area contributed by atoms with Crippen molar-refractivity contribution in [3.63, 3.8) is 0 Å². The Hall–Kier alpha value is -2.50. The van der Waals surface area contributed by atoms with Crippen LogP contribution in [-0.2, 0) is 6.54 Å². The van der Waals surface area contributed by atoms with E-state index in [1.165, 1.54) is 0 Å². The summed E-state index contributed by atoms with van der Waals surface area (Å²) in [6.07, 6.45) is 5.52. The summed E-state index contributed by atoms with van der Waals surface area (Å²) in [6.45, 7) is 2.72. The number of benzene rings is 1. The molecule has 6 heteroatoms. The molecule has 0 amide bonds. The number of halogens is 1. The summed E-state index contributed by atoms with van der Waals surface area (Å²) in [6, 6.07) is 13.3. The van der Waals surface area contributed by atoms with Gasteiger partial charge in [-0.3, -0.25) is 14.7 Å². The highest BCUT2D eigenvalue weighted by Gasteiger charge is 2.23. The number of nitrogens with zero attached hydrogens (tertiary/aromatic N) is 3. The second-order valence-electron chi connectivity index (χ2n) is 6.92. The standard InChI is InChI=1S/C21H21ClN4O/c22-18-6-2-1-4-16(18)13-26-11-3-5-17(14-26)19-12-20(27)25-21(24-19)15-7-9-23-10-8-15/h1-2,4,6-10,12,17H,3,5,11,13-14H2,(H,24,25,27). The zero-order valence-electron chi connectivity index (χ0n) is 14.9. The molecule has 27 heavy (non-hydrogen) atoms. The van der Waals surface area contributed by atoms with Gasteiger partial charge in [-0.05, 0) is 43.1 Å². The Bertz CT molecular complexity index is 973. The molecule has 0 radical (unpaired) electrons. The maximum absolute atomic E-state index is 12.2. The summed E-state index contributed by atoms with van der Waals surface area (Å²) < 4.78 is 0. The molecule has 1 unspecified atom stereocenters. The number of pyridine rings is 1. The van der Waals surface area contributed by atoms with Gasteiger partial charge in [-0.1, -0.05) is 29.8 Å². The summed E-state index contributed by atoms with van der Waals surface area (Å²) >= 11 is 6.32. The van der Waals surface area contributed by atoms with Crippen LogP contribution in [0.25, 0.3) is 11.4 Å². The number of hydrogen-bond donors (Lipinski definition) is 1. The Labute approximate surface area is 163 Å². The van der Waals surface area contributed by atoms with Crippen molar-refractivity contribution >= 4 is 11.6 Å². The predicted octanol–water partition coefficient (Wildman–Crippen LogP) is 3.86. The molecule has 0 aliphatic carbocycles. The zero-order chi connectivity index (χ0) is 18.6. The van der Waals surface area contributed by atoms with E-state index >= 15 is 0 Å². The second kappa shape index (κ2) is 8.03. The van der Waals surface area contributed by atoms with Crippen molar-refractivity contribution in [2.45, 2.75) is 25.3 Å². The average molecular weight is 381 g/mol. The van der Waals surface area contributed by atoms with Gasteiger partial charge in [0.25, 0.3) is 5.56 Å². The molecule has 0 saturated carbocycles. The van der Waals surface area contributed by atoms with E-state index in [0.717, 1.165) is 54.3 Å². The molecule has 1 aliphatic heterocycles. The number of likely N-dealkylation sites (tertiary alicyclic amines) is 1. The number of aromatic nitrogens is 3. The summed E-state index contributed by atoms with van der Waals surface area (Å²) in [5.41, 5.74) is 2.74. The lowest BCUT2D eigenvalue weighted by Gasteiger charge is -2.32. The number of hydrogen-bond acceptors (Lipinski definition) is 4. The maximum Gasteiger partial charge on any atom is 0.251 e. The molecular weight excluding hydrogens is 360 g/mol. The minimum atomic E-state index is -0.116. The van der Waals surface area contributed by atoms with Crippen molar-refractivity contribution < 1.29 is 0 Å². The van der Waals surface area contributed by atoms with E-state index < -0.39 is 0 Å². The topological polar surface area (TPSA) is 61.9 Å². The summed E-state index contributed by atoms with van der Waals surface area (Å²) in [7, 11) is 0. The van der Waals surface area contributed by atoms with Crippen molar-refractivity contribution in [2.24, 2.45) is 0 Å². The third kappa shape index (κ3) is 4.26. The third-order valence-corrected chi connectivity index (χ3v) is 5.36. The van der Waals surface area contributed by atoms with Gasteiger partial charge in [-0.25, -0.2) is 4.98 Å². The van der Waals surface area contributed by atoms with Crippen LogP contribution in [-0.4, -0.2) is 32.9 Å². The van der Waals surface area contributed by atoms with Crippen LogP contribution in [0.2, 0.25) is 5.02 Å². The number of piperidine rings is 1. The van der Waals surface area contributed by atoms with Crippen LogP contribution < -0.4 is 5.56 Å². The Kier molecular flexibility index (Phi) is 5.32. The summed E-state index contributed by atoms with van der Waals surface area (Å²) in [4.78, 5) is 26.2. The van der Waals surface area contributed by atoms with E-state index in [-0.39, 0.29) is 11.5 Å². The smallest absolute Gasteiger partial charge is 0.251 e. The average Bonchev–Trinajstić information content (AvgIpc) is 2.70. The Morgan fingerprint density at radius 2 is 2.00 bits per heavy atom. The SMILES string of the molecule is O=c1cc(C2CCCN(Cc3ccccc3Cl)C2)nc(-c2ccncc2)[nH]1. The van der Waals surface area contributed by atoms with Gasteiger partial charge in [0.15, 0.2) is 0 Å².